The van der Waals surface area contributed by atoms with Crippen molar-refractivity contribution < 1.29 is 14.8 Å². The third-order valence-electron chi connectivity index (χ3n) is 3.08. The molecule has 0 saturated carbocycles. The minimum Gasteiger partial charge on any atom is -0.487 e. The van der Waals surface area contributed by atoms with Crippen molar-refractivity contribution in [2.24, 2.45) is 0 Å². The van der Waals surface area contributed by atoms with Gasteiger partial charge in [-0.1, -0.05) is 38.1 Å². The highest BCUT2D eigenvalue weighted by molar-refractivity contribution is 6.58. The summed E-state index contributed by atoms with van der Waals surface area (Å²) >= 11 is 0. The van der Waals surface area contributed by atoms with E-state index in [1.807, 2.05) is 12.1 Å². The number of hydrogen-bond acceptors (Lipinski definition) is 4. The zero-order valence-electron chi connectivity index (χ0n) is 11.7. The number of ether oxygens (including phenoxy) is 1. The number of pyridine rings is 1. The Hall–Kier alpha value is -1.85. The van der Waals surface area contributed by atoms with E-state index in [-0.39, 0.29) is 0 Å². The lowest BCUT2D eigenvalue weighted by Gasteiger charge is -2.09. The van der Waals surface area contributed by atoms with Gasteiger partial charge in [0.05, 0.1) is 6.20 Å². The van der Waals surface area contributed by atoms with Crippen molar-refractivity contribution in [1.82, 2.24) is 4.98 Å². The Morgan fingerprint density at radius 1 is 1.15 bits per heavy atom. The van der Waals surface area contributed by atoms with E-state index in [4.69, 9.17) is 14.8 Å². The van der Waals surface area contributed by atoms with Crippen molar-refractivity contribution in [2.45, 2.75) is 26.4 Å². The van der Waals surface area contributed by atoms with Gasteiger partial charge in [-0.05, 0) is 23.1 Å². The van der Waals surface area contributed by atoms with Crippen LogP contribution in [0.25, 0.3) is 0 Å². The molecule has 20 heavy (non-hydrogen) atoms. The summed E-state index contributed by atoms with van der Waals surface area (Å²) in [7, 11) is -1.53. The predicted octanol–water partition coefficient (Wildman–Crippen LogP) is 1.46. The Kier molecular flexibility index (Phi) is 4.77. The molecule has 0 radical (unpaired) electrons. The van der Waals surface area contributed by atoms with E-state index in [0.717, 1.165) is 5.56 Å². The summed E-state index contributed by atoms with van der Waals surface area (Å²) in [6.07, 6.45) is 2.95. The first-order valence-electron chi connectivity index (χ1n) is 6.59. The summed E-state index contributed by atoms with van der Waals surface area (Å²) < 4.78 is 5.60. The highest BCUT2D eigenvalue weighted by atomic mass is 16.5. The van der Waals surface area contributed by atoms with Crippen molar-refractivity contribution in [1.29, 1.82) is 0 Å². The van der Waals surface area contributed by atoms with Crippen LogP contribution in [0.15, 0.2) is 42.7 Å². The summed E-state index contributed by atoms with van der Waals surface area (Å²) in [5.41, 5.74) is 2.67. The Balaban J connectivity index is 1.99. The molecule has 0 atom stereocenters. The first kappa shape index (κ1) is 14.6. The third kappa shape index (κ3) is 3.82. The molecular formula is C15H18BNO3. The smallest absolute Gasteiger partial charge is 0.487 e. The Morgan fingerprint density at radius 2 is 1.85 bits per heavy atom. The maximum absolute atomic E-state index is 9.08. The number of benzene rings is 1. The van der Waals surface area contributed by atoms with Crippen molar-refractivity contribution in [2.75, 3.05) is 0 Å². The second-order valence-electron chi connectivity index (χ2n) is 5.01. The molecule has 1 aromatic carbocycles. The van der Waals surface area contributed by atoms with E-state index in [1.54, 1.807) is 12.3 Å². The van der Waals surface area contributed by atoms with Crippen molar-refractivity contribution in [3.63, 3.8) is 0 Å². The number of nitrogens with zero attached hydrogens (tertiary/aromatic N) is 1. The first-order chi connectivity index (χ1) is 9.56. The van der Waals surface area contributed by atoms with Gasteiger partial charge in [-0.25, -0.2) is 0 Å². The van der Waals surface area contributed by atoms with E-state index in [9.17, 15) is 0 Å². The second-order valence-corrected chi connectivity index (χ2v) is 5.01. The average Bonchev–Trinajstić information content (AvgIpc) is 2.46. The van der Waals surface area contributed by atoms with Crippen LogP contribution in [0.3, 0.4) is 0 Å². The Morgan fingerprint density at radius 3 is 2.45 bits per heavy atom. The largest absolute Gasteiger partial charge is 0.490 e. The minimum absolute atomic E-state index is 0.317. The molecule has 2 rings (SSSR count). The van der Waals surface area contributed by atoms with E-state index < -0.39 is 7.12 Å². The standard InChI is InChI=1S/C15H18BNO3/c1-11(2)13-5-3-12(4-6-13)10-20-15-7-14(16(18)19)8-17-9-15/h3-9,11,18-19H,10H2,1-2H3. The quantitative estimate of drug-likeness (QED) is 0.808. The first-order valence-corrected chi connectivity index (χ1v) is 6.59. The molecule has 0 saturated heterocycles. The molecule has 0 spiro atoms. The van der Waals surface area contributed by atoms with Crippen LogP contribution in [0.1, 0.15) is 30.9 Å². The van der Waals surface area contributed by atoms with Crippen LogP contribution in [0.4, 0.5) is 0 Å². The van der Waals surface area contributed by atoms with Crippen LogP contribution in [-0.4, -0.2) is 22.2 Å². The summed E-state index contributed by atoms with van der Waals surface area (Å²) in [5, 5.41) is 18.2. The normalized spacial score (nSPS) is 10.7. The summed E-state index contributed by atoms with van der Waals surface area (Å²) in [6.45, 7) is 4.73. The molecule has 0 aliphatic carbocycles. The molecule has 0 amide bonds. The van der Waals surface area contributed by atoms with Gasteiger partial charge in [0.1, 0.15) is 12.4 Å². The monoisotopic (exact) mass is 271 g/mol. The molecule has 2 N–H and O–H groups in total. The minimum atomic E-state index is -1.53. The lowest BCUT2D eigenvalue weighted by Crippen LogP contribution is -2.30. The fraction of sp³-hybridized carbons (Fsp3) is 0.267. The van der Waals surface area contributed by atoms with E-state index >= 15 is 0 Å². The van der Waals surface area contributed by atoms with Crippen LogP contribution in [0, 0.1) is 0 Å². The predicted molar refractivity (Wildman–Crippen MR) is 78.9 cm³/mol. The molecule has 0 fully saturated rings. The Labute approximate surface area is 119 Å². The van der Waals surface area contributed by atoms with Gasteiger partial charge >= 0.3 is 7.12 Å². The molecule has 104 valence electrons. The summed E-state index contributed by atoms with van der Waals surface area (Å²) in [4.78, 5) is 3.91. The van der Waals surface area contributed by atoms with Crippen LogP contribution in [0.2, 0.25) is 0 Å². The van der Waals surface area contributed by atoms with Crippen molar-refractivity contribution >= 4 is 12.6 Å². The van der Waals surface area contributed by atoms with Gasteiger partial charge < -0.3 is 14.8 Å². The van der Waals surface area contributed by atoms with Gasteiger partial charge in [0.2, 0.25) is 0 Å². The van der Waals surface area contributed by atoms with Crippen LogP contribution >= 0.6 is 0 Å². The van der Waals surface area contributed by atoms with Gasteiger partial charge in [0, 0.05) is 11.7 Å². The molecule has 4 nitrogen and oxygen atoms in total. The lowest BCUT2D eigenvalue weighted by atomic mass is 9.82. The van der Waals surface area contributed by atoms with Crippen LogP contribution in [0.5, 0.6) is 5.75 Å². The molecule has 2 aromatic rings. The molecule has 0 unspecified atom stereocenters. The fourth-order valence-corrected chi connectivity index (χ4v) is 1.82. The highest BCUT2D eigenvalue weighted by Gasteiger charge is 2.12. The van der Waals surface area contributed by atoms with Crippen LogP contribution in [-0.2, 0) is 6.61 Å². The number of hydrogen-bond donors (Lipinski definition) is 2. The third-order valence-corrected chi connectivity index (χ3v) is 3.08. The zero-order chi connectivity index (χ0) is 14.5. The van der Waals surface area contributed by atoms with Gasteiger partial charge in [-0.15, -0.1) is 0 Å². The van der Waals surface area contributed by atoms with Gasteiger partial charge in [-0.2, -0.15) is 0 Å². The van der Waals surface area contributed by atoms with Crippen LogP contribution < -0.4 is 10.2 Å². The lowest BCUT2D eigenvalue weighted by molar-refractivity contribution is 0.305. The summed E-state index contributed by atoms with van der Waals surface area (Å²) in [6, 6.07) is 9.83. The molecule has 1 heterocycles. The Bertz CT molecular complexity index is 555. The molecular weight excluding hydrogens is 253 g/mol. The van der Waals surface area contributed by atoms with Gasteiger partial charge in [0.25, 0.3) is 0 Å². The van der Waals surface area contributed by atoms with Gasteiger partial charge in [0.15, 0.2) is 0 Å². The zero-order valence-corrected chi connectivity index (χ0v) is 11.7. The maximum atomic E-state index is 9.08. The number of rotatable bonds is 5. The molecule has 5 heteroatoms. The SMILES string of the molecule is CC(C)c1ccc(COc2cncc(B(O)O)c2)cc1. The average molecular weight is 271 g/mol. The topological polar surface area (TPSA) is 62.6 Å². The molecule has 0 aliphatic rings. The fourth-order valence-electron chi connectivity index (χ4n) is 1.82. The van der Waals surface area contributed by atoms with E-state index in [1.165, 1.54) is 11.8 Å². The summed E-state index contributed by atoms with van der Waals surface area (Å²) in [5.74, 6) is 1.03. The second kappa shape index (κ2) is 6.54. The van der Waals surface area contributed by atoms with Crippen molar-refractivity contribution in [3.8, 4) is 5.75 Å². The molecule has 1 aromatic heterocycles. The van der Waals surface area contributed by atoms with E-state index in [0.29, 0.717) is 23.7 Å². The van der Waals surface area contributed by atoms with Gasteiger partial charge in [-0.3, -0.25) is 4.98 Å². The molecule has 0 aliphatic heterocycles. The molecule has 0 bridgehead atoms. The van der Waals surface area contributed by atoms with Crippen molar-refractivity contribution in [3.05, 3.63) is 53.9 Å². The highest BCUT2D eigenvalue weighted by Crippen LogP contribution is 2.16. The maximum Gasteiger partial charge on any atom is 0.490 e. The van der Waals surface area contributed by atoms with E-state index in [2.05, 4.69) is 31.0 Å². The number of aromatic nitrogens is 1.